The van der Waals surface area contributed by atoms with Crippen LogP contribution >= 0.6 is 0 Å². The molecule has 0 N–H and O–H groups in total. The predicted molar refractivity (Wildman–Crippen MR) is 155 cm³/mol. The Morgan fingerprint density at radius 1 is 0.897 bits per heavy atom. The zero-order chi connectivity index (χ0) is 27.7. The second kappa shape index (κ2) is 10.8. The van der Waals surface area contributed by atoms with Crippen LogP contribution in [0.1, 0.15) is 47.4 Å². The number of hydrogen-bond acceptors (Lipinski definition) is 4. The van der Waals surface area contributed by atoms with Crippen molar-refractivity contribution in [2.45, 2.75) is 47.1 Å². The molecule has 1 unspecified atom stereocenters. The van der Waals surface area contributed by atoms with Gasteiger partial charge in [-0.2, -0.15) is 5.10 Å². The van der Waals surface area contributed by atoms with Crippen molar-refractivity contribution in [3.63, 3.8) is 0 Å². The number of anilines is 2. The van der Waals surface area contributed by atoms with Crippen LogP contribution in [0.15, 0.2) is 72.8 Å². The molecule has 0 fully saturated rings. The van der Waals surface area contributed by atoms with E-state index in [2.05, 4.69) is 0 Å². The lowest BCUT2D eigenvalue weighted by Crippen LogP contribution is -2.53. The highest BCUT2D eigenvalue weighted by Gasteiger charge is 2.39. The summed E-state index contributed by atoms with van der Waals surface area (Å²) in [4.78, 5) is 31.3. The summed E-state index contributed by atoms with van der Waals surface area (Å²) in [5.41, 5.74) is 7.19. The first kappa shape index (κ1) is 26.2. The number of benzene rings is 3. The van der Waals surface area contributed by atoms with Crippen LogP contribution in [0.5, 0.6) is 0 Å². The average Bonchev–Trinajstić information content (AvgIpc) is 3.30. The van der Waals surface area contributed by atoms with E-state index in [-0.39, 0.29) is 24.6 Å². The van der Waals surface area contributed by atoms with Crippen LogP contribution in [0.3, 0.4) is 0 Å². The molecule has 0 aliphatic carbocycles. The third kappa shape index (κ3) is 4.69. The summed E-state index contributed by atoms with van der Waals surface area (Å²) in [5.74, 6) is -0.139. The van der Waals surface area contributed by atoms with Gasteiger partial charge in [0.15, 0.2) is 0 Å². The molecule has 3 aromatic carbocycles. The fourth-order valence-electron chi connectivity index (χ4n) is 5.24. The van der Waals surface area contributed by atoms with Crippen molar-refractivity contribution in [2.24, 2.45) is 0 Å². The Labute approximate surface area is 229 Å². The van der Waals surface area contributed by atoms with Crippen molar-refractivity contribution in [2.75, 3.05) is 23.0 Å². The standard InChI is InChI=1S/C32H34N4O3/c1-6-25-20-34(27-18-21(3)22(4)19-28(27)35(25)32(38)39-7-2)31(37)29-23(5)36(26-16-12-9-13-17-26)33-30(29)24-14-10-8-11-15-24/h8-19,25H,6-7,20H2,1-5H3. The van der Waals surface area contributed by atoms with Crippen molar-refractivity contribution in [3.05, 3.63) is 95.2 Å². The molecular formula is C32H34N4O3. The summed E-state index contributed by atoms with van der Waals surface area (Å²) >= 11 is 0. The number of para-hydroxylation sites is 1. The van der Waals surface area contributed by atoms with Crippen LogP contribution in [0, 0.1) is 20.8 Å². The van der Waals surface area contributed by atoms with Crippen molar-refractivity contribution < 1.29 is 14.3 Å². The Morgan fingerprint density at radius 3 is 2.13 bits per heavy atom. The van der Waals surface area contributed by atoms with Gasteiger partial charge in [0.25, 0.3) is 5.91 Å². The topological polar surface area (TPSA) is 67.7 Å². The maximum Gasteiger partial charge on any atom is 0.414 e. The molecule has 1 aliphatic heterocycles. The van der Waals surface area contributed by atoms with Crippen molar-refractivity contribution in [1.29, 1.82) is 0 Å². The Balaban J connectivity index is 1.69. The molecule has 2 amide bonds. The smallest absolute Gasteiger partial charge is 0.414 e. The quantitative estimate of drug-likeness (QED) is 0.287. The van der Waals surface area contributed by atoms with Gasteiger partial charge >= 0.3 is 6.09 Å². The summed E-state index contributed by atoms with van der Waals surface area (Å²) in [6.07, 6.45) is 0.280. The third-order valence-electron chi connectivity index (χ3n) is 7.46. The van der Waals surface area contributed by atoms with Crippen LogP contribution in [0.25, 0.3) is 16.9 Å². The van der Waals surface area contributed by atoms with Crippen molar-refractivity contribution in [1.82, 2.24) is 9.78 Å². The summed E-state index contributed by atoms with van der Waals surface area (Å²) in [6.45, 7) is 10.4. The molecule has 0 radical (unpaired) electrons. The second-order valence-electron chi connectivity index (χ2n) is 9.89. The van der Waals surface area contributed by atoms with Crippen LogP contribution in [-0.2, 0) is 4.74 Å². The molecule has 1 atom stereocenters. The number of aryl methyl sites for hydroxylation is 2. The molecular weight excluding hydrogens is 488 g/mol. The van der Waals surface area contributed by atoms with Gasteiger partial charge in [0.1, 0.15) is 5.69 Å². The number of carbonyl (C=O) groups excluding carboxylic acids is 2. The number of nitrogens with zero attached hydrogens (tertiary/aromatic N) is 4. The Hall–Kier alpha value is -4.39. The highest BCUT2D eigenvalue weighted by molar-refractivity contribution is 6.13. The van der Waals surface area contributed by atoms with E-state index < -0.39 is 0 Å². The molecule has 7 nitrogen and oxygen atoms in total. The highest BCUT2D eigenvalue weighted by atomic mass is 16.6. The summed E-state index contributed by atoms with van der Waals surface area (Å²) < 4.78 is 7.28. The van der Waals surface area contributed by atoms with Gasteiger partial charge in [0.2, 0.25) is 0 Å². The molecule has 7 heteroatoms. The first-order chi connectivity index (χ1) is 18.8. The van der Waals surface area contributed by atoms with Crippen molar-refractivity contribution in [3.8, 4) is 16.9 Å². The SMILES string of the molecule is CCOC(=O)N1c2cc(C)c(C)cc2N(C(=O)c2c(-c3ccccc3)nn(-c3ccccc3)c2C)CC1CC. The van der Waals surface area contributed by atoms with Gasteiger partial charge in [-0.15, -0.1) is 0 Å². The van der Waals surface area contributed by atoms with Gasteiger partial charge in [-0.05, 0) is 69.5 Å². The van der Waals surface area contributed by atoms with E-state index in [1.807, 2.05) is 110 Å². The molecule has 1 aromatic heterocycles. The molecule has 0 saturated heterocycles. The zero-order valence-electron chi connectivity index (χ0n) is 23.1. The van der Waals surface area contributed by atoms with Crippen LogP contribution in [-0.4, -0.2) is 41.0 Å². The highest BCUT2D eigenvalue weighted by Crippen LogP contribution is 2.41. The van der Waals surface area contributed by atoms with Gasteiger partial charge in [0, 0.05) is 12.1 Å². The minimum absolute atomic E-state index is 0.139. The Morgan fingerprint density at radius 2 is 1.51 bits per heavy atom. The summed E-state index contributed by atoms with van der Waals surface area (Å²) in [7, 11) is 0. The number of amides is 2. The van der Waals surface area contributed by atoms with E-state index in [1.165, 1.54) is 0 Å². The molecule has 39 heavy (non-hydrogen) atoms. The monoisotopic (exact) mass is 522 g/mol. The second-order valence-corrected chi connectivity index (χ2v) is 9.89. The number of fused-ring (bicyclic) bond motifs is 1. The van der Waals surface area contributed by atoms with E-state index in [0.29, 0.717) is 35.6 Å². The number of ether oxygens (including phenoxy) is 1. The lowest BCUT2D eigenvalue weighted by Gasteiger charge is -2.42. The predicted octanol–water partition coefficient (Wildman–Crippen LogP) is 6.87. The number of carbonyl (C=O) groups is 2. The van der Waals surface area contributed by atoms with E-state index in [1.54, 1.807) is 11.8 Å². The minimum Gasteiger partial charge on any atom is -0.449 e. The molecule has 2 heterocycles. The molecule has 0 spiro atoms. The largest absolute Gasteiger partial charge is 0.449 e. The van der Waals surface area contributed by atoms with Crippen molar-refractivity contribution >= 4 is 23.4 Å². The van der Waals surface area contributed by atoms with Crippen LogP contribution in [0.4, 0.5) is 16.2 Å². The lowest BCUT2D eigenvalue weighted by molar-refractivity contribution is 0.0981. The fourth-order valence-corrected chi connectivity index (χ4v) is 5.24. The van der Waals surface area contributed by atoms with Crippen LogP contribution in [0.2, 0.25) is 0 Å². The van der Waals surface area contributed by atoms with Gasteiger partial charge < -0.3 is 9.64 Å². The first-order valence-electron chi connectivity index (χ1n) is 13.4. The lowest BCUT2D eigenvalue weighted by atomic mass is 9.98. The zero-order valence-corrected chi connectivity index (χ0v) is 23.1. The Kier molecular flexibility index (Phi) is 7.24. The average molecular weight is 523 g/mol. The maximum absolute atomic E-state index is 14.6. The number of rotatable bonds is 5. The minimum atomic E-state index is -0.390. The first-order valence-corrected chi connectivity index (χ1v) is 13.4. The van der Waals surface area contributed by atoms with Crippen LogP contribution < -0.4 is 9.80 Å². The normalized spacial score (nSPS) is 14.7. The van der Waals surface area contributed by atoms with Gasteiger partial charge in [-0.25, -0.2) is 9.48 Å². The molecule has 1 aliphatic rings. The van der Waals surface area contributed by atoms with E-state index in [4.69, 9.17) is 9.84 Å². The molecule has 4 aromatic rings. The van der Waals surface area contributed by atoms with E-state index in [9.17, 15) is 9.59 Å². The molecule has 5 rings (SSSR count). The van der Waals surface area contributed by atoms with Gasteiger partial charge in [0.05, 0.1) is 41.0 Å². The molecule has 0 saturated carbocycles. The van der Waals surface area contributed by atoms with Gasteiger partial charge in [-0.3, -0.25) is 9.69 Å². The molecule has 0 bridgehead atoms. The van der Waals surface area contributed by atoms with E-state index in [0.717, 1.165) is 28.1 Å². The van der Waals surface area contributed by atoms with E-state index >= 15 is 0 Å². The Bertz CT molecular complexity index is 1510. The summed E-state index contributed by atoms with van der Waals surface area (Å²) in [6, 6.07) is 23.4. The number of aromatic nitrogens is 2. The number of hydrogen-bond donors (Lipinski definition) is 0. The maximum atomic E-state index is 14.6. The third-order valence-corrected chi connectivity index (χ3v) is 7.46. The van der Waals surface area contributed by atoms with Gasteiger partial charge in [-0.1, -0.05) is 55.5 Å². The molecule has 200 valence electrons. The fraction of sp³-hybridized carbons (Fsp3) is 0.281. The summed E-state index contributed by atoms with van der Waals surface area (Å²) in [5, 5.41) is 4.95.